The Bertz CT molecular complexity index is 1120. The fraction of sp³-hybridized carbons (Fsp3) is 0.0909. The molecule has 1 aliphatic rings. The first kappa shape index (κ1) is 19.0. The van der Waals surface area contributed by atoms with E-state index in [1.807, 2.05) is 60.7 Å². The highest BCUT2D eigenvalue weighted by Crippen LogP contribution is 2.35. The minimum absolute atomic E-state index is 0.243. The van der Waals surface area contributed by atoms with E-state index in [2.05, 4.69) is 22.6 Å². The molecule has 1 saturated heterocycles. The summed E-state index contributed by atoms with van der Waals surface area (Å²) in [6.07, 6.45) is 1.76. The minimum atomic E-state index is -0.256. The number of halogens is 1. The Labute approximate surface area is 180 Å². The van der Waals surface area contributed by atoms with Crippen molar-refractivity contribution in [3.8, 4) is 5.75 Å². The molecule has 0 aromatic heterocycles. The average Bonchev–Trinajstić information content (AvgIpc) is 2.96. The van der Waals surface area contributed by atoms with Gasteiger partial charge in [-0.3, -0.25) is 14.5 Å². The van der Waals surface area contributed by atoms with Crippen molar-refractivity contribution in [1.29, 1.82) is 0 Å². The third-order valence-corrected chi connectivity index (χ3v) is 6.31. The van der Waals surface area contributed by atoms with Gasteiger partial charge in [0.05, 0.1) is 22.1 Å². The van der Waals surface area contributed by atoms with Crippen molar-refractivity contribution < 1.29 is 14.3 Å². The molecule has 0 unspecified atom stereocenters. The van der Waals surface area contributed by atoms with Gasteiger partial charge in [0.15, 0.2) is 0 Å². The van der Waals surface area contributed by atoms with Gasteiger partial charge < -0.3 is 4.74 Å². The summed E-state index contributed by atoms with van der Waals surface area (Å²) in [5.41, 5.74) is 1.82. The van der Waals surface area contributed by atoms with Gasteiger partial charge in [-0.05, 0) is 74.5 Å². The molecule has 1 heterocycles. The van der Waals surface area contributed by atoms with E-state index < -0.39 is 0 Å². The SMILES string of the molecule is COc1ccc(/C=C2/SC(=O)N(Cc3cccc4ccccc34)C2=O)cc1I. The molecule has 6 heteroatoms. The summed E-state index contributed by atoms with van der Waals surface area (Å²) < 4.78 is 6.21. The van der Waals surface area contributed by atoms with Crippen LogP contribution in [0.1, 0.15) is 11.1 Å². The minimum Gasteiger partial charge on any atom is -0.496 e. The number of imide groups is 1. The number of hydrogen-bond acceptors (Lipinski definition) is 4. The van der Waals surface area contributed by atoms with E-state index in [1.165, 1.54) is 4.90 Å². The van der Waals surface area contributed by atoms with Crippen LogP contribution >= 0.6 is 34.4 Å². The summed E-state index contributed by atoms with van der Waals surface area (Å²) in [6, 6.07) is 19.6. The molecule has 4 rings (SSSR count). The smallest absolute Gasteiger partial charge is 0.293 e. The maximum Gasteiger partial charge on any atom is 0.293 e. The predicted molar refractivity (Wildman–Crippen MR) is 121 cm³/mol. The molecule has 1 aliphatic heterocycles. The zero-order valence-corrected chi connectivity index (χ0v) is 18.0. The van der Waals surface area contributed by atoms with E-state index in [-0.39, 0.29) is 17.7 Å². The van der Waals surface area contributed by atoms with E-state index in [0.717, 1.165) is 43.0 Å². The van der Waals surface area contributed by atoms with E-state index in [9.17, 15) is 9.59 Å². The molecule has 0 N–H and O–H groups in total. The first-order valence-electron chi connectivity index (χ1n) is 8.62. The summed E-state index contributed by atoms with van der Waals surface area (Å²) >= 11 is 3.17. The van der Waals surface area contributed by atoms with Crippen molar-refractivity contribution in [3.63, 3.8) is 0 Å². The monoisotopic (exact) mass is 501 g/mol. The molecule has 0 spiro atoms. The number of nitrogens with zero attached hydrogens (tertiary/aromatic N) is 1. The van der Waals surface area contributed by atoms with Crippen LogP contribution < -0.4 is 4.74 Å². The van der Waals surface area contributed by atoms with Crippen molar-refractivity contribution in [1.82, 2.24) is 4.90 Å². The van der Waals surface area contributed by atoms with Crippen LogP contribution in [0, 0.1) is 3.57 Å². The van der Waals surface area contributed by atoms with E-state index in [4.69, 9.17) is 4.74 Å². The summed E-state index contributed by atoms with van der Waals surface area (Å²) in [5.74, 6) is 0.524. The average molecular weight is 501 g/mol. The molecule has 0 aliphatic carbocycles. The third-order valence-electron chi connectivity index (χ3n) is 4.56. The second-order valence-corrected chi connectivity index (χ2v) is 8.46. The Kier molecular flexibility index (Phi) is 5.41. The van der Waals surface area contributed by atoms with Crippen LogP contribution in [0.15, 0.2) is 65.6 Å². The van der Waals surface area contributed by atoms with Gasteiger partial charge in [-0.2, -0.15) is 0 Å². The lowest BCUT2D eigenvalue weighted by atomic mass is 10.0. The molecule has 0 saturated carbocycles. The number of hydrogen-bond donors (Lipinski definition) is 0. The van der Waals surface area contributed by atoms with Crippen LogP contribution in [0.3, 0.4) is 0 Å². The summed E-state index contributed by atoms with van der Waals surface area (Å²) in [5, 5.41) is 1.90. The summed E-state index contributed by atoms with van der Waals surface area (Å²) in [7, 11) is 1.62. The molecule has 3 aromatic rings. The maximum atomic E-state index is 12.9. The number of benzene rings is 3. The number of ether oxygens (including phenoxy) is 1. The molecule has 0 atom stereocenters. The molecule has 0 bridgehead atoms. The number of fused-ring (bicyclic) bond motifs is 1. The molecule has 3 aromatic carbocycles. The fourth-order valence-electron chi connectivity index (χ4n) is 3.16. The normalized spacial score (nSPS) is 15.6. The molecular formula is C22H16INO3S. The lowest BCUT2D eigenvalue weighted by Crippen LogP contribution is -2.27. The highest BCUT2D eigenvalue weighted by atomic mass is 127. The Hall–Kier alpha value is -2.32. The first-order valence-corrected chi connectivity index (χ1v) is 10.5. The zero-order chi connectivity index (χ0) is 19.7. The lowest BCUT2D eigenvalue weighted by Gasteiger charge is -2.14. The predicted octanol–water partition coefficient (Wildman–Crippen LogP) is 5.69. The topological polar surface area (TPSA) is 46.6 Å². The Morgan fingerprint density at radius 1 is 1.07 bits per heavy atom. The first-order chi connectivity index (χ1) is 13.6. The van der Waals surface area contributed by atoms with Crippen molar-refractivity contribution in [2.75, 3.05) is 7.11 Å². The van der Waals surface area contributed by atoms with Crippen molar-refractivity contribution in [2.24, 2.45) is 0 Å². The molecule has 28 heavy (non-hydrogen) atoms. The zero-order valence-electron chi connectivity index (χ0n) is 15.0. The van der Waals surface area contributed by atoms with Crippen LogP contribution in [0.25, 0.3) is 16.8 Å². The van der Waals surface area contributed by atoms with Crippen molar-refractivity contribution in [3.05, 3.63) is 80.3 Å². The second kappa shape index (κ2) is 7.97. The van der Waals surface area contributed by atoms with Gasteiger partial charge in [0.1, 0.15) is 5.75 Å². The van der Waals surface area contributed by atoms with Gasteiger partial charge >= 0.3 is 0 Å². The Morgan fingerprint density at radius 2 is 1.86 bits per heavy atom. The second-order valence-electron chi connectivity index (χ2n) is 6.30. The van der Waals surface area contributed by atoms with Crippen LogP contribution in [-0.2, 0) is 11.3 Å². The lowest BCUT2D eigenvalue weighted by molar-refractivity contribution is -0.123. The highest BCUT2D eigenvalue weighted by molar-refractivity contribution is 14.1. The van der Waals surface area contributed by atoms with Crippen LogP contribution in [0.4, 0.5) is 4.79 Å². The largest absolute Gasteiger partial charge is 0.496 e. The van der Waals surface area contributed by atoms with Crippen molar-refractivity contribution >= 4 is 62.3 Å². The van der Waals surface area contributed by atoms with Gasteiger partial charge in [0, 0.05) is 0 Å². The maximum absolute atomic E-state index is 12.9. The number of thioether (sulfide) groups is 1. The quantitative estimate of drug-likeness (QED) is 0.341. The molecule has 140 valence electrons. The molecule has 1 fully saturated rings. The van der Waals surface area contributed by atoms with Gasteiger partial charge in [-0.25, -0.2) is 0 Å². The van der Waals surface area contributed by atoms with E-state index in [1.54, 1.807) is 13.2 Å². The Morgan fingerprint density at radius 3 is 2.64 bits per heavy atom. The third kappa shape index (κ3) is 3.66. The molecule has 4 nitrogen and oxygen atoms in total. The standard InChI is InChI=1S/C22H16INO3S/c1-27-19-10-9-14(11-18(19)23)12-20-21(25)24(22(26)28-20)13-16-7-4-6-15-5-2-3-8-17(15)16/h2-12H,13H2,1H3/b20-12+. The van der Waals surface area contributed by atoms with E-state index >= 15 is 0 Å². The summed E-state index contributed by atoms with van der Waals surface area (Å²) in [4.78, 5) is 27.1. The van der Waals surface area contributed by atoms with Gasteiger partial charge in [0.2, 0.25) is 0 Å². The Balaban J connectivity index is 1.61. The number of amides is 2. The van der Waals surface area contributed by atoms with Crippen LogP contribution in [-0.4, -0.2) is 23.2 Å². The molecule has 2 amide bonds. The fourth-order valence-corrected chi connectivity index (χ4v) is 4.76. The number of methoxy groups -OCH3 is 1. The van der Waals surface area contributed by atoms with E-state index in [0.29, 0.717) is 4.91 Å². The number of carbonyl (C=O) groups is 2. The molecular weight excluding hydrogens is 485 g/mol. The van der Waals surface area contributed by atoms with Crippen LogP contribution in [0.2, 0.25) is 0 Å². The van der Waals surface area contributed by atoms with Crippen LogP contribution in [0.5, 0.6) is 5.75 Å². The number of carbonyl (C=O) groups excluding carboxylic acids is 2. The summed E-state index contributed by atoms with van der Waals surface area (Å²) in [6.45, 7) is 0.267. The highest BCUT2D eigenvalue weighted by Gasteiger charge is 2.35. The van der Waals surface area contributed by atoms with Gasteiger partial charge in [-0.15, -0.1) is 0 Å². The number of rotatable bonds is 4. The van der Waals surface area contributed by atoms with Crippen molar-refractivity contribution in [2.45, 2.75) is 6.54 Å². The molecule has 0 radical (unpaired) electrons. The van der Waals surface area contributed by atoms with Gasteiger partial charge in [0.25, 0.3) is 11.1 Å². The van der Waals surface area contributed by atoms with Gasteiger partial charge in [-0.1, -0.05) is 48.5 Å².